The van der Waals surface area contributed by atoms with E-state index in [-0.39, 0.29) is 49.4 Å². The number of cyclic esters (lactones) is 1. The van der Waals surface area contributed by atoms with Crippen LogP contribution >= 0.6 is 0 Å². The Hall–Kier alpha value is -4.04. The van der Waals surface area contributed by atoms with E-state index in [1.165, 1.54) is 45.8 Å². The first-order chi connectivity index (χ1) is 30.8. The molecule has 0 unspecified atom stereocenters. The Morgan fingerprint density at radius 2 is 1.62 bits per heavy atom. The molecule has 0 saturated carbocycles. The minimum Gasteiger partial charge on any atom is -0.457 e. The fourth-order valence-electron chi connectivity index (χ4n) is 9.83. The number of carbonyl (C=O) groups excluding carboxylic acids is 5. The van der Waals surface area contributed by atoms with Crippen molar-refractivity contribution in [1.29, 1.82) is 0 Å². The van der Waals surface area contributed by atoms with Crippen LogP contribution in [0.25, 0.3) is 0 Å². The Morgan fingerprint density at radius 1 is 0.955 bits per heavy atom. The number of likely N-dealkylation sites (N-methyl/N-ethyl adjacent to an activating group) is 1. The Bertz CT molecular complexity index is 1870. The van der Waals surface area contributed by atoms with Crippen LogP contribution in [-0.2, 0) is 66.5 Å². The number of allylic oxidation sites excluding steroid dienone is 1. The van der Waals surface area contributed by atoms with Gasteiger partial charge in [0, 0.05) is 51.6 Å². The van der Waals surface area contributed by atoms with Crippen LogP contribution in [0.3, 0.4) is 0 Å². The lowest BCUT2D eigenvalue weighted by Gasteiger charge is -2.50. The molecule has 1 aromatic heterocycles. The first-order valence-electron chi connectivity index (χ1n) is 22.9. The fourth-order valence-corrected chi connectivity index (χ4v) is 9.83. The third-order valence-corrected chi connectivity index (χ3v) is 13.2. The molecule has 0 aromatic carbocycles. The highest BCUT2D eigenvalue weighted by Gasteiger charge is 2.54. The van der Waals surface area contributed by atoms with Gasteiger partial charge >= 0.3 is 24.0 Å². The van der Waals surface area contributed by atoms with Gasteiger partial charge in [-0.1, -0.05) is 26.8 Å². The first kappa shape index (κ1) is 54.6. The monoisotopic (exact) mass is 934 g/mol. The molecule has 3 aliphatic rings. The van der Waals surface area contributed by atoms with Gasteiger partial charge in [-0.15, -0.1) is 6.58 Å². The van der Waals surface area contributed by atoms with Crippen LogP contribution < -0.4 is 0 Å². The largest absolute Gasteiger partial charge is 0.457 e. The van der Waals surface area contributed by atoms with E-state index < -0.39 is 108 Å². The zero-order chi connectivity index (χ0) is 49.5. The van der Waals surface area contributed by atoms with Crippen molar-refractivity contribution >= 4 is 29.8 Å². The van der Waals surface area contributed by atoms with Gasteiger partial charge < -0.3 is 52.3 Å². The Morgan fingerprint density at radius 3 is 2.18 bits per heavy atom. The van der Waals surface area contributed by atoms with Crippen molar-refractivity contribution in [3.63, 3.8) is 0 Å². The Labute approximate surface area is 390 Å². The number of hydrogen-bond acceptors (Lipinski definition) is 17. The fraction of sp³-hybridized carbons (Fsp3) is 0.750. The highest BCUT2D eigenvalue weighted by Crippen LogP contribution is 2.42. The molecule has 0 N–H and O–H groups in total. The molecular weight excluding hydrogens is 859 g/mol. The summed E-state index contributed by atoms with van der Waals surface area (Å²) in [5, 5.41) is 0. The summed E-state index contributed by atoms with van der Waals surface area (Å²) in [6, 6.07) is -0.316. The summed E-state index contributed by atoms with van der Waals surface area (Å²) in [6.07, 6.45) is -0.947. The van der Waals surface area contributed by atoms with Crippen molar-refractivity contribution in [2.24, 2.45) is 17.8 Å². The summed E-state index contributed by atoms with van der Waals surface area (Å²) in [5.41, 5.74) is -3.85. The average Bonchev–Trinajstić information content (AvgIpc) is 3.79. The van der Waals surface area contributed by atoms with E-state index in [1.807, 2.05) is 39.8 Å². The standard InChI is InChI=1S/C48H75N3O15/c1-17-21-58-48(13)24-28(4)38(54)27(3)23-46(11,66-45(56)51-20-19-49-26-51)36(18-2)63-43(55)31(7)39(64-37-25-47(12,57-16)42(32(8)60-37)62-34(10)53)30(6)41(48)65-44-40(61-33(9)52)35(50(14)15)22-29(5)59-44/h17,19-20,23,26,28-32,35-37,39-42,44H,1,18,21-22,24-25H2,2-16H3/b27-23+/t28-,29-,30+,31-,32+,35+,36-,37+,39+,40-,41-,42+,44+,46+,47-,48-/m1/s1. The second-order valence-corrected chi connectivity index (χ2v) is 19.0. The molecule has 2 fully saturated rings. The van der Waals surface area contributed by atoms with Gasteiger partial charge in [-0.2, -0.15) is 0 Å². The first-order valence-corrected chi connectivity index (χ1v) is 22.9. The summed E-state index contributed by atoms with van der Waals surface area (Å²) in [6.45, 7) is 24.1. The van der Waals surface area contributed by atoms with Crippen LogP contribution in [-0.4, -0.2) is 150 Å². The van der Waals surface area contributed by atoms with Crippen LogP contribution in [0.2, 0.25) is 0 Å². The molecule has 0 bridgehead atoms. The van der Waals surface area contributed by atoms with Gasteiger partial charge in [-0.05, 0) is 93.5 Å². The molecule has 0 amide bonds. The number of nitrogens with zero attached hydrogens (tertiary/aromatic N) is 3. The number of aromatic nitrogens is 2. The van der Waals surface area contributed by atoms with E-state index in [9.17, 15) is 24.0 Å². The van der Waals surface area contributed by atoms with Crippen LogP contribution in [0.1, 0.15) is 109 Å². The number of ether oxygens (including phenoxy) is 10. The number of methoxy groups -OCH3 is 1. The molecule has 18 nitrogen and oxygen atoms in total. The van der Waals surface area contributed by atoms with E-state index in [2.05, 4.69) is 11.6 Å². The van der Waals surface area contributed by atoms with Crippen molar-refractivity contribution in [2.45, 2.75) is 187 Å². The number of esters is 3. The van der Waals surface area contributed by atoms with Gasteiger partial charge in [0.15, 0.2) is 36.2 Å². The molecular formula is C48H75N3O15. The maximum absolute atomic E-state index is 14.9. The molecule has 4 rings (SSSR count). The maximum Gasteiger partial charge on any atom is 0.420 e. The van der Waals surface area contributed by atoms with Gasteiger partial charge in [0.1, 0.15) is 18.0 Å². The number of Topliss-reactive ketones (excluding diaryl/α,β-unsaturated/α-hetero) is 1. The van der Waals surface area contributed by atoms with E-state index in [4.69, 9.17) is 47.4 Å². The number of carbonyl (C=O) groups is 5. The molecule has 0 spiro atoms. The van der Waals surface area contributed by atoms with Gasteiger partial charge in [0.25, 0.3) is 0 Å². The highest BCUT2D eigenvalue weighted by molar-refractivity contribution is 5.96. The Kier molecular flexibility index (Phi) is 18.9. The van der Waals surface area contributed by atoms with E-state index in [1.54, 1.807) is 54.5 Å². The second kappa shape index (κ2) is 22.8. The van der Waals surface area contributed by atoms with Gasteiger partial charge in [-0.25, -0.2) is 14.3 Å². The van der Waals surface area contributed by atoms with Crippen LogP contribution in [0.5, 0.6) is 0 Å². The van der Waals surface area contributed by atoms with Crippen molar-refractivity contribution < 1.29 is 71.3 Å². The van der Waals surface area contributed by atoms with E-state index in [0.29, 0.717) is 6.42 Å². The lowest BCUT2D eigenvalue weighted by atomic mass is 9.76. The normalized spacial score (nSPS) is 39.2. The molecule has 0 aliphatic carbocycles. The quantitative estimate of drug-likeness (QED) is 0.127. The smallest absolute Gasteiger partial charge is 0.420 e. The SMILES string of the molecule is C=CCO[C@]1(C)C[C@@H](C)C(=O)/C(C)=C/[C@](C)(OC(=O)n2ccnc2)[C@@H](CC)OC(=O)[C@H](C)[C@@H](O[C@H]2C[C@@](C)(OC)[C@@H](OC(C)=O)[C@H](C)O2)[C@H](C)[C@H]1O[C@@H]1O[C@H](C)C[C@H](N(C)C)[C@H]1OC(C)=O. The molecule has 1 aromatic rings. The number of hydrogen-bond donors (Lipinski definition) is 0. The van der Waals surface area contributed by atoms with Gasteiger partial charge in [-0.3, -0.25) is 19.2 Å². The third kappa shape index (κ3) is 12.9. The summed E-state index contributed by atoms with van der Waals surface area (Å²) >= 11 is 0. The predicted octanol–water partition coefficient (Wildman–Crippen LogP) is 5.98. The molecule has 2 saturated heterocycles. The minimum absolute atomic E-state index is 0.0327. The molecule has 18 heteroatoms. The second-order valence-electron chi connectivity index (χ2n) is 19.0. The van der Waals surface area contributed by atoms with Gasteiger partial charge in [0.05, 0.1) is 48.6 Å². The molecule has 4 heterocycles. The highest BCUT2D eigenvalue weighted by atomic mass is 16.7. The minimum atomic E-state index is -1.65. The van der Waals surface area contributed by atoms with Crippen molar-refractivity contribution in [1.82, 2.24) is 14.5 Å². The lowest BCUT2D eigenvalue weighted by Crippen LogP contribution is -2.62. The van der Waals surface area contributed by atoms with E-state index in [0.717, 1.165) is 4.57 Å². The molecule has 16 atom stereocenters. The summed E-state index contributed by atoms with van der Waals surface area (Å²) in [7, 11) is 5.28. The van der Waals surface area contributed by atoms with Gasteiger partial charge in [0.2, 0.25) is 0 Å². The zero-order valence-electron chi connectivity index (χ0n) is 41.6. The van der Waals surface area contributed by atoms with Crippen LogP contribution in [0.15, 0.2) is 43.0 Å². The van der Waals surface area contributed by atoms with Crippen LogP contribution in [0.4, 0.5) is 4.79 Å². The van der Waals surface area contributed by atoms with Crippen LogP contribution in [0, 0.1) is 17.8 Å². The maximum atomic E-state index is 14.9. The molecule has 0 radical (unpaired) electrons. The van der Waals surface area contributed by atoms with Crippen molar-refractivity contribution in [3.8, 4) is 0 Å². The van der Waals surface area contributed by atoms with Crippen molar-refractivity contribution in [2.75, 3.05) is 27.8 Å². The summed E-state index contributed by atoms with van der Waals surface area (Å²) in [4.78, 5) is 74.0. The third-order valence-electron chi connectivity index (χ3n) is 13.2. The number of ketones is 1. The zero-order valence-corrected chi connectivity index (χ0v) is 41.6. The predicted molar refractivity (Wildman–Crippen MR) is 240 cm³/mol. The average molecular weight is 934 g/mol. The summed E-state index contributed by atoms with van der Waals surface area (Å²) in [5.74, 6) is -4.72. The van der Waals surface area contributed by atoms with Crippen molar-refractivity contribution in [3.05, 3.63) is 43.0 Å². The number of imidazole rings is 1. The topological polar surface area (TPSA) is 199 Å². The lowest BCUT2D eigenvalue weighted by molar-refractivity contribution is -0.321. The molecule has 372 valence electrons. The van der Waals surface area contributed by atoms with E-state index >= 15 is 0 Å². The Balaban J connectivity index is 1.97. The molecule has 3 aliphatic heterocycles. The number of rotatable bonds is 13. The summed E-state index contributed by atoms with van der Waals surface area (Å²) < 4.78 is 65.1. The molecule has 66 heavy (non-hydrogen) atoms.